The molecule has 512 valence electrons. The number of aryl methyl sites for hydroxylation is 1. The zero-order valence-corrected chi connectivity index (χ0v) is 64.2. The average molecular weight is 1410 g/mol. The Morgan fingerprint density at radius 3 is 1.21 bits per heavy atom. The number of carbonyl (C=O) groups excluding carboxylic acids is 1. The van der Waals surface area contributed by atoms with Crippen LogP contribution in [0, 0.1) is 6.92 Å². The van der Waals surface area contributed by atoms with Crippen molar-refractivity contribution in [2.24, 2.45) is 0 Å². The maximum absolute atomic E-state index is 11.6. The van der Waals surface area contributed by atoms with Gasteiger partial charge in [0.2, 0.25) is 0 Å². The summed E-state index contributed by atoms with van der Waals surface area (Å²) in [6.07, 6.45) is 34.6. The summed E-state index contributed by atoms with van der Waals surface area (Å²) in [6.45, 7) is 18.3. The van der Waals surface area contributed by atoms with Crippen LogP contribution in [0.4, 0.5) is 0 Å². The maximum atomic E-state index is 11.6. The topological polar surface area (TPSA) is 35.5 Å². The number of thiophene rings is 6. The normalized spacial score (nSPS) is 13.4. The second kappa shape index (κ2) is 32.8. The van der Waals surface area contributed by atoms with E-state index in [1.807, 2.05) is 68.0 Å². The molecule has 2 aliphatic rings. The zero-order chi connectivity index (χ0) is 67.6. The number of ether oxygens (including phenoxy) is 2. The van der Waals surface area contributed by atoms with Crippen molar-refractivity contribution in [3.63, 3.8) is 0 Å². The van der Waals surface area contributed by atoms with E-state index in [1.54, 1.807) is 23.6 Å². The van der Waals surface area contributed by atoms with Crippen LogP contribution in [0.15, 0.2) is 146 Å². The largest absolute Gasteiger partial charge is 0.494 e. The van der Waals surface area contributed by atoms with Crippen LogP contribution >= 0.6 is 68.0 Å². The minimum absolute atomic E-state index is 0.00579. The fourth-order valence-corrected chi connectivity index (χ4v) is 23.5. The molecule has 0 saturated heterocycles. The number of hydrogen-bond donors (Lipinski definition) is 0. The summed E-state index contributed by atoms with van der Waals surface area (Å²) in [4.78, 5) is 19.8. The highest BCUT2D eigenvalue weighted by molar-refractivity contribution is 7.39. The molecule has 0 fully saturated rings. The molecular weight excluding hydrogens is 1310 g/mol. The molecule has 0 atom stereocenters. The number of fused-ring (bicyclic) bond motifs is 10. The lowest BCUT2D eigenvalue weighted by atomic mass is 9.70. The van der Waals surface area contributed by atoms with Gasteiger partial charge in [0.25, 0.3) is 0 Å². The molecule has 13 rings (SSSR count). The van der Waals surface area contributed by atoms with Gasteiger partial charge in [0.05, 0.1) is 22.6 Å². The van der Waals surface area contributed by atoms with Gasteiger partial charge < -0.3 is 9.47 Å². The van der Waals surface area contributed by atoms with E-state index in [4.69, 9.17) is 9.47 Å². The van der Waals surface area contributed by atoms with Gasteiger partial charge in [-0.2, -0.15) is 0 Å². The van der Waals surface area contributed by atoms with E-state index in [0.29, 0.717) is 12.2 Å². The first-order valence-electron chi connectivity index (χ1n) is 37.7. The number of unbranched alkanes of at least 4 members (excludes halogenated alkanes) is 19. The van der Waals surface area contributed by atoms with Gasteiger partial charge in [-0.1, -0.05) is 224 Å². The Bertz CT molecular complexity index is 4450. The van der Waals surface area contributed by atoms with Crippen molar-refractivity contribution in [3.8, 4) is 80.2 Å². The quantitative estimate of drug-likeness (QED) is 0.0220. The standard InChI is InChI=1S/C89H102O3S6/c1-8-12-16-18-24-28-48-89(49-29-25-19-17-13-9-2)74-55-65(36-42-70(74)71-43-37-66(56-75(71)89)80-59-84-86(98-80)85-83(97-84)52-61(7)93-85)79-58-82-81(96-79)57-78(95-82)64-35-41-69-68-40-34-63(53-72(68)88(46-14-10-3,47-15-11-4)73(69)54-64)77-45-44-76(94-77)62-32-38-67(39-33-62)91-50-30-26-22-20-21-23-27-31-51-92-87(90)60(5)6/h32-45,52-59H,5,8-31,46-51H2,1-4,6-7H3. The smallest absolute Gasteiger partial charge is 0.333 e. The Morgan fingerprint density at radius 2 is 0.735 bits per heavy atom. The summed E-state index contributed by atoms with van der Waals surface area (Å²) in [7, 11) is 0. The van der Waals surface area contributed by atoms with Crippen LogP contribution in [0.5, 0.6) is 5.75 Å². The van der Waals surface area contributed by atoms with Crippen LogP contribution < -0.4 is 4.74 Å². The monoisotopic (exact) mass is 1410 g/mol. The Morgan fingerprint density at radius 1 is 0.357 bits per heavy atom. The molecule has 98 heavy (non-hydrogen) atoms. The lowest BCUT2D eigenvalue weighted by Gasteiger charge is -2.33. The first-order chi connectivity index (χ1) is 48.0. The third-order valence-corrected chi connectivity index (χ3v) is 28.8. The summed E-state index contributed by atoms with van der Waals surface area (Å²) in [5.74, 6) is 0.662. The average Bonchev–Trinajstić information content (AvgIpc) is 1.57. The van der Waals surface area contributed by atoms with Gasteiger partial charge in [0.1, 0.15) is 5.75 Å². The Labute approximate surface area is 609 Å². The van der Waals surface area contributed by atoms with Crippen molar-refractivity contribution in [3.05, 3.63) is 173 Å². The van der Waals surface area contributed by atoms with Crippen LogP contribution in [-0.4, -0.2) is 19.2 Å². The van der Waals surface area contributed by atoms with E-state index in [1.165, 1.54) is 274 Å². The fraction of sp³-hybridized carbons (Fsp3) is 0.427. The lowest BCUT2D eigenvalue weighted by Crippen LogP contribution is -2.25. The molecule has 6 heterocycles. The number of hydrogen-bond acceptors (Lipinski definition) is 9. The van der Waals surface area contributed by atoms with Crippen molar-refractivity contribution < 1.29 is 14.3 Å². The van der Waals surface area contributed by atoms with Crippen molar-refractivity contribution in [2.45, 2.75) is 232 Å². The van der Waals surface area contributed by atoms with Crippen LogP contribution in [0.3, 0.4) is 0 Å². The van der Waals surface area contributed by atoms with E-state index in [0.717, 1.165) is 31.6 Å². The van der Waals surface area contributed by atoms with Gasteiger partial charge in [0.15, 0.2) is 0 Å². The van der Waals surface area contributed by atoms with E-state index in [-0.39, 0.29) is 16.8 Å². The molecule has 0 amide bonds. The first-order valence-corrected chi connectivity index (χ1v) is 42.6. The minimum atomic E-state index is -0.280. The second-order valence-electron chi connectivity index (χ2n) is 28.6. The van der Waals surface area contributed by atoms with Crippen LogP contribution in [0.1, 0.15) is 242 Å². The summed E-state index contributed by atoms with van der Waals surface area (Å²) >= 11 is 11.9. The summed E-state index contributed by atoms with van der Waals surface area (Å²) in [6, 6.07) is 53.7. The molecule has 0 radical (unpaired) electrons. The molecule has 9 heteroatoms. The van der Waals surface area contributed by atoms with Gasteiger partial charge in [0, 0.05) is 64.5 Å². The predicted octanol–water partition coefficient (Wildman–Crippen LogP) is 30.2. The van der Waals surface area contributed by atoms with Gasteiger partial charge in [-0.15, -0.1) is 68.0 Å². The summed E-state index contributed by atoms with van der Waals surface area (Å²) in [5, 5.41) is 0. The molecule has 5 aromatic carbocycles. The van der Waals surface area contributed by atoms with Crippen LogP contribution in [0.2, 0.25) is 0 Å². The second-order valence-corrected chi connectivity index (χ2v) is 35.3. The van der Waals surface area contributed by atoms with Crippen LogP contribution in [-0.2, 0) is 20.4 Å². The van der Waals surface area contributed by atoms with E-state index in [9.17, 15) is 4.79 Å². The molecule has 2 aliphatic carbocycles. The van der Waals surface area contributed by atoms with Crippen molar-refractivity contribution >= 4 is 102 Å². The molecule has 11 aromatic rings. The molecule has 0 unspecified atom stereocenters. The fourth-order valence-electron chi connectivity index (χ4n) is 16.1. The minimum Gasteiger partial charge on any atom is -0.494 e. The third kappa shape index (κ3) is 15.3. The highest BCUT2D eigenvalue weighted by atomic mass is 32.1. The molecular formula is C89H102O3S6. The van der Waals surface area contributed by atoms with E-state index < -0.39 is 0 Å². The van der Waals surface area contributed by atoms with Gasteiger partial charge in [-0.3, -0.25) is 0 Å². The molecule has 0 N–H and O–H groups in total. The highest BCUT2D eigenvalue weighted by Gasteiger charge is 2.44. The molecule has 0 spiro atoms. The molecule has 0 aliphatic heterocycles. The molecule has 0 saturated carbocycles. The zero-order valence-electron chi connectivity index (χ0n) is 59.3. The Kier molecular flexibility index (Phi) is 23.6. The van der Waals surface area contributed by atoms with Crippen molar-refractivity contribution in [1.29, 1.82) is 0 Å². The van der Waals surface area contributed by atoms with Crippen LogP contribution in [0.25, 0.3) is 103 Å². The molecule has 0 bridgehead atoms. The summed E-state index contributed by atoms with van der Waals surface area (Å²) < 4.78 is 20.1. The third-order valence-electron chi connectivity index (χ3n) is 21.5. The number of carbonyl (C=O) groups is 1. The van der Waals surface area contributed by atoms with Gasteiger partial charge in [-0.05, 0) is 210 Å². The highest BCUT2D eigenvalue weighted by Crippen LogP contribution is 2.59. The first kappa shape index (κ1) is 70.5. The van der Waals surface area contributed by atoms with Gasteiger partial charge in [-0.25, -0.2) is 4.79 Å². The number of rotatable bonds is 38. The SMILES string of the molecule is C=C(C)C(=O)OCCCCCCCCCCOc1ccc(-c2ccc(-c3ccc4c(c3)C(CCCC)(CCCC)c3cc(-c5cc6sc(-c7ccc8c(c7)C(CCCCCCCC)(CCCCCCCC)c7cc(-c9cc%10sc%11cc(C)sc%11c%10s9)ccc7-8)cc6s5)ccc3-4)s2)cc1. The van der Waals surface area contributed by atoms with Crippen molar-refractivity contribution in [1.82, 2.24) is 0 Å². The summed E-state index contributed by atoms with van der Waals surface area (Å²) in [5.41, 5.74) is 19.2. The van der Waals surface area contributed by atoms with E-state index in [2.05, 4.69) is 175 Å². The lowest BCUT2D eigenvalue weighted by molar-refractivity contribution is -0.139. The number of benzene rings is 5. The Hall–Kier alpha value is -5.91. The molecule has 3 nitrogen and oxygen atoms in total. The van der Waals surface area contributed by atoms with E-state index >= 15 is 0 Å². The Balaban J connectivity index is 0.727. The van der Waals surface area contributed by atoms with Crippen molar-refractivity contribution in [2.75, 3.05) is 13.2 Å². The predicted molar refractivity (Wildman–Crippen MR) is 434 cm³/mol. The molecule has 6 aromatic heterocycles. The van der Waals surface area contributed by atoms with Gasteiger partial charge >= 0.3 is 5.97 Å². The number of esters is 1. The maximum Gasteiger partial charge on any atom is 0.333 e.